The number of ether oxygens (including phenoxy) is 1. The lowest BCUT2D eigenvalue weighted by Crippen LogP contribution is -2.53. The van der Waals surface area contributed by atoms with Gasteiger partial charge in [-0.15, -0.1) is 5.10 Å². The molecule has 4 aromatic rings. The minimum Gasteiger partial charge on any atom is -0.478 e. The van der Waals surface area contributed by atoms with Crippen molar-refractivity contribution in [1.82, 2.24) is 34.5 Å². The summed E-state index contributed by atoms with van der Waals surface area (Å²) in [6.45, 7) is 8.01. The van der Waals surface area contributed by atoms with Crippen LogP contribution in [0, 0.1) is 6.92 Å². The van der Waals surface area contributed by atoms with E-state index in [1.165, 1.54) is 0 Å². The lowest BCUT2D eigenvalue weighted by Gasteiger charge is -2.37. The van der Waals surface area contributed by atoms with Gasteiger partial charge in [0.15, 0.2) is 0 Å². The van der Waals surface area contributed by atoms with Crippen molar-refractivity contribution in [3.05, 3.63) is 42.4 Å². The molecule has 1 amide bonds. The number of aliphatic hydroxyl groups is 1. The molecule has 12 nitrogen and oxygen atoms in total. The van der Waals surface area contributed by atoms with Crippen LogP contribution in [0.25, 0.3) is 22.2 Å². The van der Waals surface area contributed by atoms with Gasteiger partial charge in [0.25, 0.3) is 5.88 Å². The Labute approximate surface area is 227 Å². The third-order valence-electron chi connectivity index (χ3n) is 7.19. The maximum absolute atomic E-state index is 13.2. The molecule has 1 atom stereocenters. The number of nitrogens with one attached hydrogen (secondary N) is 3. The second-order valence-electron chi connectivity index (χ2n) is 9.77. The number of aromatic amines is 1. The number of H-pyrrole nitrogens is 1. The van der Waals surface area contributed by atoms with Crippen molar-refractivity contribution in [3.8, 4) is 17.1 Å². The summed E-state index contributed by atoms with van der Waals surface area (Å²) in [6, 6.07) is 5.58. The normalized spacial score (nSPS) is 15.4. The van der Waals surface area contributed by atoms with E-state index in [1.807, 2.05) is 45.3 Å². The summed E-state index contributed by atoms with van der Waals surface area (Å²) in [7, 11) is 3.38. The number of β-amino-alcohol motifs (C(OH)–C–C–N with tert-alkyl or cyclic N) is 1. The van der Waals surface area contributed by atoms with Crippen LogP contribution >= 0.6 is 0 Å². The van der Waals surface area contributed by atoms with Gasteiger partial charge < -0.3 is 25.5 Å². The smallest absolute Gasteiger partial charge is 0.256 e. The molecule has 0 saturated carbocycles. The molecular formula is C27H35N9O3. The molecule has 1 saturated heterocycles. The lowest BCUT2D eigenvalue weighted by atomic mass is 10.1. The molecule has 12 heteroatoms. The van der Waals surface area contributed by atoms with E-state index in [9.17, 15) is 9.90 Å². The highest BCUT2D eigenvalue weighted by Crippen LogP contribution is 2.34. The predicted molar refractivity (Wildman–Crippen MR) is 150 cm³/mol. The minimum absolute atomic E-state index is 0.0515. The monoisotopic (exact) mass is 533 g/mol. The number of amides is 1. The van der Waals surface area contributed by atoms with Gasteiger partial charge in [-0.1, -0.05) is 12.1 Å². The topological polar surface area (TPSA) is 136 Å². The highest BCUT2D eigenvalue weighted by Gasteiger charge is 2.26. The molecule has 0 radical (unpaired) electrons. The summed E-state index contributed by atoms with van der Waals surface area (Å²) in [4.78, 5) is 30.2. The van der Waals surface area contributed by atoms with E-state index in [4.69, 9.17) is 9.72 Å². The van der Waals surface area contributed by atoms with Crippen LogP contribution < -0.4 is 15.4 Å². The SMILES string of the molecule is COc1nn(C)cc1Nc1ncc(C)c(-c2c[nH]c3c(NC(=O)C(C)N4CCN(CCO)CC4)cccc23)n1. The molecule has 0 aliphatic carbocycles. The summed E-state index contributed by atoms with van der Waals surface area (Å²) >= 11 is 0. The van der Waals surface area contributed by atoms with Crippen LogP contribution in [-0.4, -0.2) is 98.0 Å². The zero-order chi connectivity index (χ0) is 27.5. The van der Waals surface area contributed by atoms with E-state index in [0.717, 1.165) is 59.6 Å². The minimum atomic E-state index is -0.270. The van der Waals surface area contributed by atoms with Crippen molar-refractivity contribution in [2.45, 2.75) is 19.9 Å². The number of carbonyl (C=O) groups is 1. The van der Waals surface area contributed by atoms with Crippen LogP contribution in [0.3, 0.4) is 0 Å². The quantitative estimate of drug-likeness (QED) is 0.256. The largest absolute Gasteiger partial charge is 0.478 e. The van der Waals surface area contributed by atoms with Gasteiger partial charge in [0.05, 0.1) is 42.9 Å². The van der Waals surface area contributed by atoms with Gasteiger partial charge in [0.1, 0.15) is 5.69 Å². The number of aliphatic hydroxyl groups excluding tert-OH is 1. The van der Waals surface area contributed by atoms with Crippen molar-refractivity contribution < 1.29 is 14.6 Å². The Morgan fingerprint density at radius 3 is 2.77 bits per heavy atom. The number of piperazine rings is 1. The number of aromatic nitrogens is 5. The average molecular weight is 534 g/mol. The third-order valence-corrected chi connectivity index (χ3v) is 7.19. The molecule has 39 heavy (non-hydrogen) atoms. The van der Waals surface area contributed by atoms with Gasteiger partial charge in [-0.25, -0.2) is 9.97 Å². The molecule has 0 bridgehead atoms. The van der Waals surface area contributed by atoms with Gasteiger partial charge in [-0.2, -0.15) is 0 Å². The number of methoxy groups -OCH3 is 1. The van der Waals surface area contributed by atoms with Crippen LogP contribution in [0.2, 0.25) is 0 Å². The second-order valence-corrected chi connectivity index (χ2v) is 9.77. The van der Waals surface area contributed by atoms with Crippen LogP contribution in [0.5, 0.6) is 5.88 Å². The zero-order valence-electron chi connectivity index (χ0n) is 22.7. The van der Waals surface area contributed by atoms with Crippen molar-refractivity contribution in [1.29, 1.82) is 0 Å². The van der Waals surface area contributed by atoms with E-state index in [2.05, 4.69) is 35.5 Å². The van der Waals surface area contributed by atoms with E-state index < -0.39 is 0 Å². The number of hydrogen-bond acceptors (Lipinski definition) is 9. The molecule has 4 N–H and O–H groups in total. The number of fused-ring (bicyclic) bond motifs is 1. The molecule has 206 valence electrons. The first-order valence-corrected chi connectivity index (χ1v) is 13.0. The highest BCUT2D eigenvalue weighted by atomic mass is 16.5. The number of benzene rings is 1. The number of rotatable bonds is 9. The maximum Gasteiger partial charge on any atom is 0.256 e. The first kappa shape index (κ1) is 26.6. The van der Waals surface area contributed by atoms with Gasteiger partial charge in [-0.3, -0.25) is 19.3 Å². The van der Waals surface area contributed by atoms with E-state index in [0.29, 0.717) is 24.1 Å². The molecule has 1 aliphatic rings. The Kier molecular flexibility index (Phi) is 7.77. The molecule has 5 rings (SSSR count). The van der Waals surface area contributed by atoms with Crippen molar-refractivity contribution >= 4 is 34.1 Å². The maximum atomic E-state index is 13.2. The van der Waals surface area contributed by atoms with Crippen LogP contribution in [0.4, 0.5) is 17.3 Å². The number of nitrogens with zero attached hydrogens (tertiary/aromatic N) is 6. The molecule has 1 fully saturated rings. The molecular weight excluding hydrogens is 498 g/mol. The Bertz CT molecular complexity index is 1460. The van der Waals surface area contributed by atoms with Gasteiger partial charge in [0, 0.05) is 63.1 Å². The molecule has 4 heterocycles. The van der Waals surface area contributed by atoms with Crippen molar-refractivity contribution in [3.63, 3.8) is 0 Å². The van der Waals surface area contributed by atoms with Crippen LogP contribution in [-0.2, 0) is 11.8 Å². The summed E-state index contributed by atoms with van der Waals surface area (Å²) in [6.07, 6.45) is 5.49. The summed E-state index contributed by atoms with van der Waals surface area (Å²) in [5, 5.41) is 20.7. The van der Waals surface area contributed by atoms with Gasteiger partial charge >= 0.3 is 0 Å². The van der Waals surface area contributed by atoms with Gasteiger partial charge in [-0.05, 0) is 25.5 Å². The number of hydrogen-bond donors (Lipinski definition) is 4. The number of para-hydroxylation sites is 1. The first-order valence-electron chi connectivity index (χ1n) is 13.0. The highest BCUT2D eigenvalue weighted by molar-refractivity contribution is 6.06. The second kappa shape index (κ2) is 11.4. The lowest BCUT2D eigenvalue weighted by molar-refractivity contribution is -0.121. The van der Waals surface area contributed by atoms with E-state index >= 15 is 0 Å². The predicted octanol–water partition coefficient (Wildman–Crippen LogP) is 2.36. The number of aryl methyl sites for hydroxylation is 2. The first-order chi connectivity index (χ1) is 18.9. The van der Waals surface area contributed by atoms with Crippen molar-refractivity contribution in [2.24, 2.45) is 7.05 Å². The van der Waals surface area contributed by atoms with E-state index in [1.54, 1.807) is 24.2 Å². The molecule has 1 aromatic carbocycles. The summed E-state index contributed by atoms with van der Waals surface area (Å²) in [5.74, 6) is 0.829. The summed E-state index contributed by atoms with van der Waals surface area (Å²) < 4.78 is 6.99. The van der Waals surface area contributed by atoms with E-state index in [-0.39, 0.29) is 18.6 Å². The van der Waals surface area contributed by atoms with Gasteiger partial charge in [0.2, 0.25) is 11.9 Å². The average Bonchev–Trinajstić information content (AvgIpc) is 3.53. The standard InChI is InChI=1S/C27H35N9O3/c1-17-14-29-27(31-22-16-34(3)33-26(22)39-4)32-23(17)20-15-28-24-19(20)6-5-7-21(24)30-25(38)18(2)36-10-8-35(9-11-36)12-13-37/h5-7,14-16,18,28,37H,8-13H2,1-4H3,(H,30,38)(H,29,31,32). The molecule has 3 aromatic heterocycles. The van der Waals surface area contributed by atoms with Crippen LogP contribution in [0.15, 0.2) is 36.8 Å². The zero-order valence-corrected chi connectivity index (χ0v) is 22.7. The summed E-state index contributed by atoms with van der Waals surface area (Å²) in [5.41, 5.74) is 4.84. The fourth-order valence-electron chi connectivity index (χ4n) is 4.97. The molecule has 0 spiro atoms. The van der Waals surface area contributed by atoms with Crippen molar-refractivity contribution in [2.75, 3.05) is 57.1 Å². The molecule has 1 unspecified atom stereocenters. The number of anilines is 3. The fourth-order valence-corrected chi connectivity index (χ4v) is 4.97. The Balaban J connectivity index is 1.36. The Hall–Kier alpha value is -4.00. The Morgan fingerprint density at radius 1 is 1.23 bits per heavy atom. The number of carbonyl (C=O) groups excluding carboxylic acids is 1. The molecule has 1 aliphatic heterocycles. The Morgan fingerprint density at radius 2 is 2.03 bits per heavy atom. The third kappa shape index (κ3) is 5.58. The van der Waals surface area contributed by atoms with Crippen LogP contribution in [0.1, 0.15) is 12.5 Å². The fraction of sp³-hybridized carbons (Fsp3) is 0.407.